The van der Waals surface area contributed by atoms with Crippen molar-refractivity contribution in [3.63, 3.8) is 0 Å². The first-order valence-corrected chi connectivity index (χ1v) is 11.3. The van der Waals surface area contributed by atoms with Gasteiger partial charge in [0, 0.05) is 29.2 Å². The molecular formula is C19H14F6N3O5S2+. The number of hydroxylamine groups is 2. The second-order valence-electron chi connectivity index (χ2n) is 7.21. The lowest BCUT2D eigenvalue weighted by Gasteiger charge is -2.26. The van der Waals surface area contributed by atoms with Crippen molar-refractivity contribution < 1.29 is 49.2 Å². The van der Waals surface area contributed by atoms with Crippen molar-refractivity contribution in [1.29, 1.82) is 0 Å². The number of amides is 2. The first-order chi connectivity index (χ1) is 16.0. The number of benzene rings is 1. The van der Waals surface area contributed by atoms with Gasteiger partial charge in [0.25, 0.3) is 14.8 Å². The molecule has 35 heavy (non-hydrogen) atoms. The quantitative estimate of drug-likeness (QED) is 0.320. The molecule has 2 amide bonds. The number of nitrogens with zero attached hydrogens (tertiary/aromatic N) is 3. The van der Waals surface area contributed by atoms with Gasteiger partial charge in [0.1, 0.15) is 6.04 Å². The number of sulfone groups is 1. The van der Waals surface area contributed by atoms with E-state index in [1.54, 1.807) is 0 Å². The molecule has 16 heteroatoms. The summed E-state index contributed by atoms with van der Waals surface area (Å²) in [7, 11) is -5.80. The van der Waals surface area contributed by atoms with Crippen LogP contribution in [0.5, 0.6) is 0 Å². The molecule has 1 unspecified atom stereocenters. The topological polar surface area (TPSA) is 93.6 Å². The molecule has 2 atom stereocenters. The van der Waals surface area contributed by atoms with Crippen molar-refractivity contribution >= 4 is 44.7 Å². The van der Waals surface area contributed by atoms with Crippen molar-refractivity contribution in [2.75, 3.05) is 0 Å². The molecular weight excluding hydrogens is 528 g/mol. The number of alkyl halides is 6. The van der Waals surface area contributed by atoms with E-state index >= 15 is 0 Å². The highest BCUT2D eigenvalue weighted by Crippen LogP contribution is 2.39. The van der Waals surface area contributed by atoms with Crippen molar-refractivity contribution in [3.05, 3.63) is 54.4 Å². The largest absolute Gasteiger partial charge is 0.501 e. The number of quaternary nitrogens is 1. The second-order valence-corrected chi connectivity index (χ2v) is 9.57. The Morgan fingerprint density at radius 3 is 2.11 bits per heavy atom. The van der Waals surface area contributed by atoms with Crippen LogP contribution >= 0.6 is 12.2 Å². The van der Waals surface area contributed by atoms with Gasteiger partial charge in [-0.2, -0.15) is 26.3 Å². The zero-order chi connectivity index (χ0) is 26.4. The number of urea groups is 1. The Labute approximate surface area is 199 Å². The van der Waals surface area contributed by atoms with Crippen molar-refractivity contribution in [2.45, 2.75) is 36.1 Å². The summed E-state index contributed by atoms with van der Waals surface area (Å²) in [6.45, 7) is 1.16. The van der Waals surface area contributed by atoms with E-state index < -0.39 is 59.8 Å². The Hall–Kier alpha value is -3.11. The minimum Gasteiger partial charge on any atom is -0.271 e. The summed E-state index contributed by atoms with van der Waals surface area (Å²) in [4.78, 5) is 32.8. The molecule has 188 valence electrons. The summed E-state index contributed by atoms with van der Waals surface area (Å²) in [5, 5.41) is 0. The molecule has 1 aromatic heterocycles. The number of rotatable bonds is 5. The monoisotopic (exact) mass is 542 g/mol. The maximum Gasteiger partial charge on any atom is 0.501 e. The van der Waals surface area contributed by atoms with Crippen LogP contribution in [0.2, 0.25) is 0 Å². The highest BCUT2D eigenvalue weighted by atomic mass is 32.2. The van der Waals surface area contributed by atoms with Crippen LogP contribution < -0.4 is 4.65 Å². The Morgan fingerprint density at radius 2 is 1.63 bits per heavy atom. The van der Waals surface area contributed by atoms with Crippen LogP contribution in [0.1, 0.15) is 12.5 Å². The van der Waals surface area contributed by atoms with Gasteiger partial charge in [-0.1, -0.05) is 0 Å². The van der Waals surface area contributed by atoms with Gasteiger partial charge in [-0.25, -0.2) is 22.8 Å². The summed E-state index contributed by atoms with van der Waals surface area (Å²) in [6, 6.07) is 2.78. The standard InChI is InChI=1S/C19H14F6N3O5S2/c1-11-15(34)28(33-16(29)18(20,21)22,17(30)27(11)10-12-6-8-26-9-7-12)13-2-4-14(5-3-13)35(31,32)19(23,24)25/h2-9,11H,10H2,1H3/q+1/t11-,28?/m0/s1. The Morgan fingerprint density at radius 1 is 1.09 bits per heavy atom. The number of pyridine rings is 1. The molecule has 1 fully saturated rings. The summed E-state index contributed by atoms with van der Waals surface area (Å²) in [5.41, 5.74) is -5.77. The van der Waals surface area contributed by atoms with E-state index in [1.165, 1.54) is 31.5 Å². The number of carbonyl (C=O) groups is 2. The van der Waals surface area contributed by atoms with E-state index in [1.807, 2.05) is 0 Å². The SMILES string of the molecule is C[C@H]1C(=S)[N+](OC(=O)C(F)(F)F)(c2ccc(S(=O)(=O)C(F)(F)F)cc2)C(=O)N1Cc1ccncc1. The third kappa shape index (κ3) is 4.60. The zero-order valence-electron chi connectivity index (χ0n) is 17.4. The van der Waals surface area contributed by atoms with E-state index in [4.69, 9.17) is 12.2 Å². The van der Waals surface area contributed by atoms with Gasteiger partial charge < -0.3 is 0 Å². The van der Waals surface area contributed by atoms with E-state index in [2.05, 4.69) is 9.82 Å². The minimum absolute atomic E-state index is 0.188. The van der Waals surface area contributed by atoms with Crippen molar-refractivity contribution in [2.24, 2.45) is 0 Å². The lowest BCUT2D eigenvalue weighted by molar-refractivity contribution is -0.216. The number of carbonyl (C=O) groups excluding carboxylic acids is 2. The van der Waals surface area contributed by atoms with Gasteiger partial charge in [-0.15, -0.1) is 0 Å². The molecule has 0 N–H and O–H groups in total. The molecule has 1 aliphatic heterocycles. The molecule has 0 bridgehead atoms. The highest BCUT2D eigenvalue weighted by Gasteiger charge is 2.64. The zero-order valence-corrected chi connectivity index (χ0v) is 19.0. The van der Waals surface area contributed by atoms with E-state index in [0.717, 1.165) is 4.90 Å². The van der Waals surface area contributed by atoms with Crippen molar-refractivity contribution in [1.82, 2.24) is 14.5 Å². The molecule has 0 saturated carbocycles. The maximum atomic E-state index is 13.4. The van der Waals surface area contributed by atoms with E-state index in [9.17, 15) is 44.3 Å². The average molecular weight is 542 g/mol. The lowest BCUT2D eigenvalue weighted by Crippen LogP contribution is -2.57. The molecule has 0 spiro atoms. The fourth-order valence-corrected chi connectivity index (χ4v) is 4.36. The van der Waals surface area contributed by atoms with Gasteiger partial charge >= 0.3 is 23.7 Å². The van der Waals surface area contributed by atoms with Gasteiger partial charge in [-0.05, 0) is 49.0 Å². The van der Waals surface area contributed by atoms with Crippen LogP contribution in [0.25, 0.3) is 0 Å². The fourth-order valence-electron chi connectivity index (χ4n) is 3.25. The van der Waals surface area contributed by atoms with E-state index in [-0.39, 0.29) is 6.54 Å². The first-order valence-electron chi connectivity index (χ1n) is 9.39. The summed E-state index contributed by atoms with van der Waals surface area (Å²) in [6.07, 6.45) is -2.77. The summed E-state index contributed by atoms with van der Waals surface area (Å²) in [5.74, 6) is -2.79. The molecule has 1 aromatic carbocycles. The average Bonchev–Trinajstić information content (AvgIpc) is 2.95. The normalized spacial score (nSPS) is 21.3. The number of hydrogen-bond acceptors (Lipinski definition) is 7. The summed E-state index contributed by atoms with van der Waals surface area (Å²) < 4.78 is 99.1. The minimum atomic E-state index is -5.80. The Kier molecular flexibility index (Phi) is 6.69. The predicted octanol–water partition coefficient (Wildman–Crippen LogP) is 4.05. The summed E-state index contributed by atoms with van der Waals surface area (Å²) >= 11 is 5.19. The molecule has 1 saturated heterocycles. The van der Waals surface area contributed by atoms with Crippen molar-refractivity contribution in [3.8, 4) is 0 Å². The fraction of sp³-hybridized carbons (Fsp3) is 0.263. The van der Waals surface area contributed by atoms with Gasteiger partial charge in [0.05, 0.1) is 11.4 Å². The number of thiocarbonyl (C=S) groups is 1. The van der Waals surface area contributed by atoms with Crippen LogP contribution in [0.15, 0.2) is 53.7 Å². The molecule has 2 heterocycles. The second kappa shape index (κ2) is 8.83. The Bertz CT molecular complexity index is 1270. The van der Waals surface area contributed by atoms with Crippen LogP contribution in [-0.4, -0.2) is 53.0 Å². The Balaban J connectivity index is 2.13. The molecule has 0 radical (unpaired) electrons. The molecule has 3 rings (SSSR count). The predicted molar refractivity (Wildman–Crippen MR) is 111 cm³/mol. The third-order valence-electron chi connectivity index (χ3n) is 5.02. The van der Waals surface area contributed by atoms with Crippen LogP contribution in [-0.2, 0) is 26.0 Å². The lowest BCUT2D eigenvalue weighted by atomic mass is 10.2. The highest BCUT2D eigenvalue weighted by molar-refractivity contribution is 7.92. The van der Waals surface area contributed by atoms with E-state index in [0.29, 0.717) is 29.8 Å². The maximum absolute atomic E-state index is 13.4. The molecule has 0 aliphatic carbocycles. The first kappa shape index (κ1) is 26.5. The smallest absolute Gasteiger partial charge is 0.271 e. The number of halogens is 6. The molecule has 8 nitrogen and oxygen atoms in total. The molecule has 1 aliphatic rings. The number of hydrogen-bond donors (Lipinski definition) is 0. The third-order valence-corrected chi connectivity index (χ3v) is 7.12. The van der Waals surface area contributed by atoms with Gasteiger partial charge in [0.15, 0.2) is 5.69 Å². The van der Waals surface area contributed by atoms with Gasteiger partial charge in [-0.3, -0.25) is 9.88 Å². The molecule has 2 aromatic rings. The van der Waals surface area contributed by atoms with Gasteiger partial charge in [0.2, 0.25) is 0 Å². The van der Waals surface area contributed by atoms with Crippen LogP contribution in [0, 0.1) is 0 Å². The van der Waals surface area contributed by atoms with Crippen LogP contribution in [0.3, 0.4) is 0 Å². The number of aromatic nitrogens is 1. The van der Waals surface area contributed by atoms with Crippen LogP contribution in [0.4, 0.5) is 36.8 Å².